The topological polar surface area (TPSA) is 78.8 Å². The molecule has 1 aromatic heterocycles. The van der Waals surface area contributed by atoms with E-state index < -0.39 is 0 Å². The van der Waals surface area contributed by atoms with E-state index in [0.717, 1.165) is 17.5 Å². The molecule has 1 aliphatic rings. The standard InChI is InChI=1S/C20H35N5O2S.HI/c1-7-27-19(26)17-15(4)23-18(28-17)16(5)24-20(21-6)22-12-14(3)25-11-9-8-10-13(25)2;/h13-14,16H,7-12H2,1-6H3,(H2,21,22,24);1H. The van der Waals surface area contributed by atoms with E-state index in [2.05, 4.69) is 39.4 Å². The fourth-order valence-electron chi connectivity index (χ4n) is 3.59. The minimum absolute atomic E-state index is 0. The van der Waals surface area contributed by atoms with Gasteiger partial charge >= 0.3 is 5.97 Å². The van der Waals surface area contributed by atoms with Crippen molar-refractivity contribution in [2.45, 2.75) is 72.0 Å². The van der Waals surface area contributed by atoms with E-state index in [-0.39, 0.29) is 36.0 Å². The number of aryl methyl sites for hydroxylation is 1. The van der Waals surface area contributed by atoms with Gasteiger partial charge in [-0.3, -0.25) is 9.89 Å². The second-order valence-electron chi connectivity index (χ2n) is 7.44. The normalized spacial score (nSPS) is 19.8. The molecule has 29 heavy (non-hydrogen) atoms. The van der Waals surface area contributed by atoms with Crippen molar-refractivity contribution >= 4 is 47.2 Å². The SMILES string of the molecule is CCOC(=O)c1sc(C(C)NC(=NC)NCC(C)N2CCCCC2C)nc1C.I. The molecule has 0 aromatic carbocycles. The Kier molecular flexibility index (Phi) is 11.4. The van der Waals surface area contributed by atoms with Crippen molar-refractivity contribution in [3.05, 3.63) is 15.6 Å². The van der Waals surface area contributed by atoms with E-state index in [9.17, 15) is 4.79 Å². The lowest BCUT2D eigenvalue weighted by Gasteiger charge is -2.38. The molecule has 7 nitrogen and oxygen atoms in total. The van der Waals surface area contributed by atoms with E-state index in [1.54, 1.807) is 14.0 Å². The van der Waals surface area contributed by atoms with E-state index in [1.807, 2.05) is 13.8 Å². The van der Waals surface area contributed by atoms with Crippen LogP contribution in [0.3, 0.4) is 0 Å². The van der Waals surface area contributed by atoms with Gasteiger partial charge in [0.15, 0.2) is 5.96 Å². The van der Waals surface area contributed by atoms with Crippen LogP contribution >= 0.6 is 35.3 Å². The van der Waals surface area contributed by atoms with Crippen LogP contribution < -0.4 is 10.6 Å². The number of esters is 1. The number of hydrogen-bond donors (Lipinski definition) is 2. The predicted octanol–water partition coefficient (Wildman–Crippen LogP) is 3.74. The van der Waals surface area contributed by atoms with Gasteiger partial charge in [-0.05, 0) is 54.0 Å². The van der Waals surface area contributed by atoms with Crippen LogP contribution in [0.25, 0.3) is 0 Å². The summed E-state index contributed by atoms with van der Waals surface area (Å²) >= 11 is 1.38. The zero-order valence-electron chi connectivity index (χ0n) is 18.4. The van der Waals surface area contributed by atoms with Crippen molar-refractivity contribution in [1.29, 1.82) is 0 Å². The molecule has 0 radical (unpaired) electrons. The van der Waals surface area contributed by atoms with Gasteiger partial charge in [0.1, 0.15) is 9.88 Å². The fraction of sp³-hybridized carbons (Fsp3) is 0.750. The average molecular weight is 538 g/mol. The van der Waals surface area contributed by atoms with Crippen molar-refractivity contribution in [2.24, 2.45) is 4.99 Å². The third-order valence-electron chi connectivity index (χ3n) is 5.21. The number of guanidine groups is 1. The van der Waals surface area contributed by atoms with Crippen LogP contribution in [0.2, 0.25) is 0 Å². The average Bonchev–Trinajstić information content (AvgIpc) is 3.07. The molecule has 0 aliphatic carbocycles. The number of halogens is 1. The van der Waals surface area contributed by atoms with Gasteiger partial charge in [-0.25, -0.2) is 9.78 Å². The lowest BCUT2D eigenvalue weighted by molar-refractivity contribution is 0.0531. The van der Waals surface area contributed by atoms with Gasteiger partial charge in [0.2, 0.25) is 0 Å². The van der Waals surface area contributed by atoms with Crippen molar-refractivity contribution in [2.75, 3.05) is 26.7 Å². The van der Waals surface area contributed by atoms with Crippen LogP contribution in [-0.2, 0) is 4.74 Å². The number of likely N-dealkylation sites (tertiary alicyclic amines) is 1. The van der Waals surface area contributed by atoms with E-state index in [4.69, 9.17) is 4.74 Å². The Morgan fingerprint density at radius 1 is 1.41 bits per heavy atom. The summed E-state index contributed by atoms with van der Waals surface area (Å²) < 4.78 is 5.11. The summed E-state index contributed by atoms with van der Waals surface area (Å²) in [5, 5.41) is 7.66. The van der Waals surface area contributed by atoms with Crippen LogP contribution in [0, 0.1) is 6.92 Å². The van der Waals surface area contributed by atoms with E-state index in [0.29, 0.717) is 29.3 Å². The molecular weight excluding hydrogens is 501 g/mol. The summed E-state index contributed by atoms with van der Waals surface area (Å²) in [6, 6.07) is 1.03. The number of carbonyl (C=O) groups excluding carboxylic acids is 1. The smallest absolute Gasteiger partial charge is 0.350 e. The Hall–Kier alpha value is -0.940. The van der Waals surface area contributed by atoms with E-state index >= 15 is 0 Å². The van der Waals surface area contributed by atoms with Crippen molar-refractivity contribution in [3.8, 4) is 0 Å². The Labute approximate surface area is 196 Å². The molecule has 2 rings (SSSR count). The van der Waals surface area contributed by atoms with Crippen LogP contribution in [0.5, 0.6) is 0 Å². The molecule has 0 saturated carbocycles. The number of rotatable bonds is 7. The van der Waals surface area contributed by atoms with Gasteiger partial charge in [-0.2, -0.15) is 0 Å². The molecule has 166 valence electrons. The number of thiazole rings is 1. The lowest BCUT2D eigenvalue weighted by atomic mass is 10.0. The summed E-state index contributed by atoms with van der Waals surface area (Å²) in [7, 11) is 1.77. The maximum Gasteiger partial charge on any atom is 0.350 e. The summed E-state index contributed by atoms with van der Waals surface area (Å²) in [6.45, 7) is 12.6. The molecule has 1 fully saturated rings. The largest absolute Gasteiger partial charge is 0.462 e. The minimum atomic E-state index is -0.303. The lowest BCUT2D eigenvalue weighted by Crippen LogP contribution is -2.50. The predicted molar refractivity (Wildman–Crippen MR) is 131 cm³/mol. The molecule has 2 heterocycles. The first-order valence-corrected chi connectivity index (χ1v) is 11.1. The number of nitrogens with one attached hydrogen (secondary N) is 2. The number of ether oxygens (including phenoxy) is 1. The molecule has 1 saturated heterocycles. The maximum atomic E-state index is 12.0. The highest BCUT2D eigenvalue weighted by atomic mass is 127. The number of aromatic nitrogens is 1. The van der Waals surface area contributed by atoms with Gasteiger partial charge in [-0.15, -0.1) is 35.3 Å². The summed E-state index contributed by atoms with van der Waals surface area (Å²) in [4.78, 5) is 24.1. The number of aliphatic imine (C=N–C) groups is 1. The quantitative estimate of drug-likeness (QED) is 0.239. The van der Waals surface area contributed by atoms with Crippen molar-refractivity contribution in [1.82, 2.24) is 20.5 Å². The maximum absolute atomic E-state index is 12.0. The molecule has 2 N–H and O–H groups in total. The number of nitrogens with zero attached hydrogens (tertiary/aromatic N) is 3. The van der Waals surface area contributed by atoms with Crippen molar-refractivity contribution < 1.29 is 9.53 Å². The Morgan fingerprint density at radius 2 is 2.14 bits per heavy atom. The Morgan fingerprint density at radius 3 is 2.76 bits per heavy atom. The first kappa shape index (κ1) is 26.1. The van der Waals surface area contributed by atoms with Crippen LogP contribution in [0.4, 0.5) is 0 Å². The molecule has 1 aliphatic heterocycles. The highest BCUT2D eigenvalue weighted by Gasteiger charge is 2.24. The second kappa shape index (κ2) is 12.7. The number of hydrogen-bond acceptors (Lipinski definition) is 6. The third-order valence-corrected chi connectivity index (χ3v) is 6.53. The molecule has 3 atom stereocenters. The molecule has 1 aromatic rings. The van der Waals surface area contributed by atoms with Crippen LogP contribution in [0.1, 0.15) is 73.4 Å². The minimum Gasteiger partial charge on any atom is -0.462 e. The van der Waals surface area contributed by atoms with Gasteiger partial charge in [0.25, 0.3) is 0 Å². The Bertz CT molecular complexity index is 682. The molecule has 3 unspecified atom stereocenters. The monoisotopic (exact) mass is 537 g/mol. The number of piperidine rings is 1. The van der Waals surface area contributed by atoms with Gasteiger partial charge < -0.3 is 15.4 Å². The Balaban J connectivity index is 0.00000420. The summed E-state index contributed by atoms with van der Waals surface area (Å²) in [6.07, 6.45) is 3.89. The molecule has 0 bridgehead atoms. The third kappa shape index (κ3) is 7.36. The van der Waals surface area contributed by atoms with Crippen LogP contribution in [0.15, 0.2) is 4.99 Å². The van der Waals surface area contributed by atoms with Crippen LogP contribution in [-0.4, -0.2) is 60.6 Å². The molecule has 0 amide bonds. The number of carbonyl (C=O) groups is 1. The van der Waals surface area contributed by atoms with Gasteiger partial charge in [0, 0.05) is 25.7 Å². The molecule has 0 spiro atoms. The highest BCUT2D eigenvalue weighted by molar-refractivity contribution is 14.0. The molecular formula is C20H36IN5O2S. The first-order chi connectivity index (χ1) is 13.4. The summed E-state index contributed by atoms with van der Waals surface area (Å²) in [5.74, 6) is 0.442. The zero-order chi connectivity index (χ0) is 20.7. The van der Waals surface area contributed by atoms with E-state index in [1.165, 1.54) is 37.1 Å². The molecule has 9 heteroatoms. The zero-order valence-corrected chi connectivity index (χ0v) is 21.6. The second-order valence-corrected chi connectivity index (χ2v) is 8.47. The fourth-order valence-corrected chi connectivity index (χ4v) is 4.55. The van der Waals surface area contributed by atoms with Crippen molar-refractivity contribution in [3.63, 3.8) is 0 Å². The summed E-state index contributed by atoms with van der Waals surface area (Å²) in [5.41, 5.74) is 0.711. The van der Waals surface area contributed by atoms with Gasteiger partial charge in [0.05, 0.1) is 18.3 Å². The first-order valence-electron chi connectivity index (χ1n) is 10.2. The highest BCUT2D eigenvalue weighted by Crippen LogP contribution is 2.24. The van der Waals surface area contributed by atoms with Gasteiger partial charge in [-0.1, -0.05) is 6.42 Å².